The highest BCUT2D eigenvalue weighted by atomic mass is 19.3. The van der Waals surface area contributed by atoms with Crippen LogP contribution in [-0.4, -0.2) is 6.29 Å². The largest absolute Gasteiger partial charge is 0.586 e. The van der Waals surface area contributed by atoms with Gasteiger partial charge in [-0.2, -0.15) is 0 Å². The van der Waals surface area contributed by atoms with Crippen molar-refractivity contribution in [3.63, 3.8) is 0 Å². The zero-order valence-electron chi connectivity index (χ0n) is 8.15. The van der Waals surface area contributed by atoms with E-state index in [2.05, 4.69) is 9.47 Å². The Morgan fingerprint density at radius 1 is 1.07 bits per heavy atom. The molecule has 0 atom stereocenters. The third-order valence-electron chi connectivity index (χ3n) is 2.52. The molecule has 0 spiro atoms. The van der Waals surface area contributed by atoms with Gasteiger partial charge >= 0.3 is 6.29 Å². The summed E-state index contributed by atoms with van der Waals surface area (Å²) in [5.41, 5.74) is 2.57. The standard InChI is InChI=1S/C10H10F2O2/c1-5-4-8-9(7(3)6(5)2)14-10(11,12)13-8/h4H,1-3H3. The summed E-state index contributed by atoms with van der Waals surface area (Å²) < 4.78 is 34.2. The minimum absolute atomic E-state index is 0.121. The Bertz CT molecular complexity index is 400. The summed E-state index contributed by atoms with van der Waals surface area (Å²) in [5, 5.41) is 0. The Kier molecular flexibility index (Phi) is 1.71. The molecule has 1 aromatic rings. The molecule has 1 aromatic carbocycles. The molecule has 76 valence electrons. The quantitative estimate of drug-likeness (QED) is 0.641. The van der Waals surface area contributed by atoms with Crippen LogP contribution in [0.25, 0.3) is 0 Å². The van der Waals surface area contributed by atoms with Crippen molar-refractivity contribution < 1.29 is 18.3 Å². The predicted molar refractivity (Wildman–Crippen MR) is 46.9 cm³/mol. The van der Waals surface area contributed by atoms with Crippen LogP contribution in [0.5, 0.6) is 11.5 Å². The molecular weight excluding hydrogens is 190 g/mol. The van der Waals surface area contributed by atoms with Gasteiger partial charge in [-0.3, -0.25) is 0 Å². The topological polar surface area (TPSA) is 18.5 Å². The van der Waals surface area contributed by atoms with Gasteiger partial charge in [-0.15, -0.1) is 8.78 Å². The molecule has 0 saturated heterocycles. The number of halogens is 2. The van der Waals surface area contributed by atoms with Crippen LogP contribution in [0.15, 0.2) is 6.07 Å². The zero-order chi connectivity index (χ0) is 10.5. The molecule has 0 radical (unpaired) electrons. The first-order chi connectivity index (χ1) is 6.41. The van der Waals surface area contributed by atoms with Gasteiger partial charge in [0.2, 0.25) is 0 Å². The molecule has 4 heteroatoms. The molecule has 0 fully saturated rings. The SMILES string of the molecule is Cc1cc2c(c(C)c1C)OC(F)(F)O2. The summed E-state index contributed by atoms with van der Waals surface area (Å²) in [6, 6.07) is 1.57. The molecule has 0 aromatic heterocycles. The molecular formula is C10H10F2O2. The number of aryl methyl sites for hydroxylation is 1. The van der Waals surface area contributed by atoms with Crippen LogP contribution in [0.3, 0.4) is 0 Å². The fourth-order valence-corrected chi connectivity index (χ4v) is 1.49. The molecule has 1 aliphatic rings. The van der Waals surface area contributed by atoms with Crippen LogP contribution in [0.4, 0.5) is 8.78 Å². The summed E-state index contributed by atoms with van der Waals surface area (Å²) in [6.07, 6.45) is -3.52. The van der Waals surface area contributed by atoms with Crippen LogP contribution >= 0.6 is 0 Å². The van der Waals surface area contributed by atoms with E-state index in [1.165, 1.54) is 0 Å². The number of alkyl halides is 2. The van der Waals surface area contributed by atoms with E-state index in [-0.39, 0.29) is 11.5 Å². The maximum atomic E-state index is 12.7. The van der Waals surface area contributed by atoms with E-state index in [0.29, 0.717) is 5.56 Å². The van der Waals surface area contributed by atoms with Crippen molar-refractivity contribution in [2.75, 3.05) is 0 Å². The monoisotopic (exact) mass is 200 g/mol. The highest BCUT2D eigenvalue weighted by Gasteiger charge is 2.44. The van der Waals surface area contributed by atoms with Crippen molar-refractivity contribution in [1.82, 2.24) is 0 Å². The molecule has 0 amide bonds. The fraction of sp³-hybridized carbons (Fsp3) is 0.400. The second-order valence-corrected chi connectivity index (χ2v) is 3.44. The summed E-state index contributed by atoms with van der Waals surface area (Å²) >= 11 is 0. The minimum atomic E-state index is -3.52. The van der Waals surface area contributed by atoms with Crippen molar-refractivity contribution in [2.45, 2.75) is 27.1 Å². The molecule has 0 N–H and O–H groups in total. The van der Waals surface area contributed by atoms with Crippen molar-refractivity contribution in [3.8, 4) is 11.5 Å². The number of fused-ring (bicyclic) bond motifs is 1. The van der Waals surface area contributed by atoms with Crippen molar-refractivity contribution in [1.29, 1.82) is 0 Å². The molecule has 0 unspecified atom stereocenters. The average Bonchev–Trinajstić information content (AvgIpc) is 2.37. The summed E-state index contributed by atoms with van der Waals surface area (Å²) in [7, 11) is 0. The highest BCUT2D eigenvalue weighted by molar-refractivity contribution is 5.54. The third-order valence-corrected chi connectivity index (χ3v) is 2.52. The van der Waals surface area contributed by atoms with Crippen LogP contribution in [0, 0.1) is 20.8 Å². The van der Waals surface area contributed by atoms with Gasteiger partial charge in [0.1, 0.15) is 0 Å². The lowest BCUT2D eigenvalue weighted by Crippen LogP contribution is -2.26. The van der Waals surface area contributed by atoms with Gasteiger partial charge in [0, 0.05) is 0 Å². The van der Waals surface area contributed by atoms with E-state index in [9.17, 15) is 8.78 Å². The Morgan fingerprint density at radius 3 is 2.36 bits per heavy atom. The number of hydrogen-bond acceptors (Lipinski definition) is 2. The predicted octanol–water partition coefficient (Wildman–Crippen LogP) is 2.93. The van der Waals surface area contributed by atoms with Gasteiger partial charge in [0.05, 0.1) is 0 Å². The van der Waals surface area contributed by atoms with Crippen LogP contribution in [-0.2, 0) is 0 Å². The smallest absolute Gasteiger partial charge is 0.395 e. The van der Waals surface area contributed by atoms with Gasteiger partial charge in [-0.25, -0.2) is 0 Å². The second kappa shape index (κ2) is 2.59. The maximum absolute atomic E-state index is 12.7. The lowest BCUT2D eigenvalue weighted by Gasteiger charge is -2.07. The Hall–Kier alpha value is -1.32. The molecule has 0 bridgehead atoms. The summed E-state index contributed by atoms with van der Waals surface area (Å²) in [5.74, 6) is 0.272. The number of rotatable bonds is 0. The molecule has 0 aliphatic carbocycles. The first kappa shape index (κ1) is 9.24. The highest BCUT2D eigenvalue weighted by Crippen LogP contribution is 2.45. The number of ether oxygens (including phenoxy) is 2. The summed E-state index contributed by atoms with van der Waals surface area (Å²) in [4.78, 5) is 0. The Labute approximate surface area is 80.4 Å². The van der Waals surface area contributed by atoms with Gasteiger partial charge in [-0.1, -0.05) is 0 Å². The summed E-state index contributed by atoms with van der Waals surface area (Å²) in [6.45, 7) is 5.46. The molecule has 2 rings (SSSR count). The van der Waals surface area contributed by atoms with Gasteiger partial charge in [0.25, 0.3) is 0 Å². The average molecular weight is 200 g/mol. The third kappa shape index (κ3) is 1.22. The first-order valence-corrected chi connectivity index (χ1v) is 4.27. The zero-order valence-corrected chi connectivity index (χ0v) is 8.15. The van der Waals surface area contributed by atoms with Gasteiger partial charge < -0.3 is 9.47 Å². The van der Waals surface area contributed by atoms with E-state index >= 15 is 0 Å². The molecule has 0 saturated carbocycles. The van der Waals surface area contributed by atoms with Crippen LogP contribution in [0.1, 0.15) is 16.7 Å². The maximum Gasteiger partial charge on any atom is 0.586 e. The minimum Gasteiger partial charge on any atom is -0.395 e. The van der Waals surface area contributed by atoms with Crippen molar-refractivity contribution >= 4 is 0 Å². The Morgan fingerprint density at radius 2 is 1.71 bits per heavy atom. The van der Waals surface area contributed by atoms with E-state index in [1.54, 1.807) is 13.0 Å². The second-order valence-electron chi connectivity index (χ2n) is 3.44. The number of hydrogen-bond donors (Lipinski definition) is 0. The molecule has 2 nitrogen and oxygen atoms in total. The van der Waals surface area contributed by atoms with E-state index in [4.69, 9.17) is 0 Å². The number of benzene rings is 1. The normalized spacial score (nSPS) is 17.2. The van der Waals surface area contributed by atoms with Crippen molar-refractivity contribution in [3.05, 3.63) is 22.8 Å². The van der Waals surface area contributed by atoms with Gasteiger partial charge in [0.15, 0.2) is 11.5 Å². The fourth-order valence-electron chi connectivity index (χ4n) is 1.49. The van der Waals surface area contributed by atoms with E-state index < -0.39 is 6.29 Å². The molecule has 1 aliphatic heterocycles. The lowest BCUT2D eigenvalue weighted by atomic mass is 10.0. The Balaban J connectivity index is 2.59. The van der Waals surface area contributed by atoms with Crippen LogP contribution in [0.2, 0.25) is 0 Å². The van der Waals surface area contributed by atoms with E-state index in [1.807, 2.05) is 13.8 Å². The van der Waals surface area contributed by atoms with Gasteiger partial charge in [-0.05, 0) is 43.5 Å². The van der Waals surface area contributed by atoms with E-state index in [0.717, 1.165) is 11.1 Å². The first-order valence-electron chi connectivity index (χ1n) is 4.27. The molecule has 14 heavy (non-hydrogen) atoms. The van der Waals surface area contributed by atoms with Crippen molar-refractivity contribution in [2.24, 2.45) is 0 Å². The van der Waals surface area contributed by atoms with Crippen LogP contribution < -0.4 is 9.47 Å². The molecule has 1 heterocycles. The lowest BCUT2D eigenvalue weighted by molar-refractivity contribution is -0.286.